The first-order valence-corrected chi connectivity index (χ1v) is 7.99. The van der Waals surface area contributed by atoms with Crippen molar-refractivity contribution >= 4 is 43.5 Å². The first-order valence-electron chi connectivity index (χ1n) is 6.40. The quantitative estimate of drug-likeness (QED) is 0.779. The predicted octanol–water partition coefficient (Wildman–Crippen LogP) is 4.85. The van der Waals surface area contributed by atoms with Crippen molar-refractivity contribution < 1.29 is 9.53 Å². The maximum absolute atomic E-state index is 11.9. The largest absolute Gasteiger partial charge is 0.484 e. The first-order chi connectivity index (χ1) is 9.95. The van der Waals surface area contributed by atoms with Gasteiger partial charge in [0.15, 0.2) is 6.61 Å². The normalized spacial score (nSPS) is 10.3. The lowest BCUT2D eigenvalue weighted by molar-refractivity contribution is -0.118. The van der Waals surface area contributed by atoms with Crippen LogP contribution in [-0.4, -0.2) is 12.5 Å². The maximum Gasteiger partial charge on any atom is 0.262 e. The molecule has 2 rings (SSSR count). The SMILES string of the molecule is Cc1cc(OCC(=O)Nc2ccc(Br)cc2C)ccc1Br. The van der Waals surface area contributed by atoms with Crippen LogP contribution in [-0.2, 0) is 4.79 Å². The van der Waals surface area contributed by atoms with Crippen molar-refractivity contribution in [3.8, 4) is 5.75 Å². The Morgan fingerprint density at radius 1 is 1.10 bits per heavy atom. The van der Waals surface area contributed by atoms with Gasteiger partial charge in [-0.1, -0.05) is 31.9 Å². The van der Waals surface area contributed by atoms with Crippen molar-refractivity contribution in [1.82, 2.24) is 0 Å². The second-order valence-corrected chi connectivity index (χ2v) is 6.48. The van der Waals surface area contributed by atoms with E-state index in [0.717, 1.165) is 25.8 Å². The Morgan fingerprint density at radius 2 is 1.86 bits per heavy atom. The zero-order valence-electron chi connectivity index (χ0n) is 11.7. The number of ether oxygens (including phenoxy) is 1. The fourth-order valence-corrected chi connectivity index (χ4v) is 2.53. The number of halogens is 2. The maximum atomic E-state index is 11.9. The summed E-state index contributed by atoms with van der Waals surface area (Å²) in [4.78, 5) is 11.9. The molecule has 1 N–H and O–H groups in total. The third-order valence-electron chi connectivity index (χ3n) is 2.96. The Labute approximate surface area is 141 Å². The monoisotopic (exact) mass is 411 g/mol. The number of aryl methyl sites for hydroxylation is 2. The van der Waals surface area contributed by atoms with Gasteiger partial charge in [0, 0.05) is 14.6 Å². The smallest absolute Gasteiger partial charge is 0.262 e. The van der Waals surface area contributed by atoms with Crippen LogP contribution in [0.15, 0.2) is 45.3 Å². The third-order valence-corrected chi connectivity index (χ3v) is 4.34. The van der Waals surface area contributed by atoms with Crippen LogP contribution in [0.4, 0.5) is 5.69 Å². The highest BCUT2D eigenvalue weighted by molar-refractivity contribution is 9.10. The van der Waals surface area contributed by atoms with Crippen molar-refractivity contribution in [2.24, 2.45) is 0 Å². The van der Waals surface area contributed by atoms with Crippen LogP contribution in [0.25, 0.3) is 0 Å². The number of amides is 1. The van der Waals surface area contributed by atoms with Gasteiger partial charge in [-0.2, -0.15) is 0 Å². The molecule has 0 radical (unpaired) electrons. The molecule has 5 heteroatoms. The second-order valence-electron chi connectivity index (χ2n) is 4.71. The molecular formula is C16H15Br2NO2. The Bertz CT molecular complexity index is 671. The van der Waals surface area contributed by atoms with Gasteiger partial charge >= 0.3 is 0 Å². The highest BCUT2D eigenvalue weighted by atomic mass is 79.9. The molecule has 1 amide bonds. The Kier molecular flexibility index (Phi) is 5.42. The minimum absolute atomic E-state index is 0.0173. The van der Waals surface area contributed by atoms with Crippen LogP contribution in [0.1, 0.15) is 11.1 Å². The van der Waals surface area contributed by atoms with E-state index in [1.807, 2.05) is 50.2 Å². The van der Waals surface area contributed by atoms with E-state index in [0.29, 0.717) is 5.75 Å². The molecule has 0 saturated heterocycles. The molecule has 0 aliphatic rings. The average molecular weight is 413 g/mol. The first kappa shape index (κ1) is 16.0. The predicted molar refractivity (Wildman–Crippen MR) is 91.9 cm³/mol. The van der Waals surface area contributed by atoms with E-state index >= 15 is 0 Å². The van der Waals surface area contributed by atoms with Gasteiger partial charge in [0.05, 0.1) is 0 Å². The number of carbonyl (C=O) groups is 1. The molecule has 0 aromatic heterocycles. The van der Waals surface area contributed by atoms with Crippen LogP contribution >= 0.6 is 31.9 Å². The Balaban J connectivity index is 1.94. The molecule has 2 aromatic carbocycles. The zero-order valence-corrected chi connectivity index (χ0v) is 14.9. The summed E-state index contributed by atoms with van der Waals surface area (Å²) in [7, 11) is 0. The molecule has 0 fully saturated rings. The van der Waals surface area contributed by atoms with Gasteiger partial charge in [-0.15, -0.1) is 0 Å². The van der Waals surface area contributed by atoms with E-state index in [2.05, 4.69) is 37.2 Å². The van der Waals surface area contributed by atoms with Crippen molar-refractivity contribution in [1.29, 1.82) is 0 Å². The van der Waals surface area contributed by atoms with E-state index in [-0.39, 0.29) is 12.5 Å². The summed E-state index contributed by atoms with van der Waals surface area (Å²) < 4.78 is 7.50. The van der Waals surface area contributed by atoms with Gasteiger partial charge in [-0.05, 0) is 61.4 Å². The minimum atomic E-state index is -0.180. The van der Waals surface area contributed by atoms with E-state index < -0.39 is 0 Å². The number of carbonyl (C=O) groups excluding carboxylic acids is 1. The summed E-state index contributed by atoms with van der Waals surface area (Å²) in [6, 6.07) is 11.3. The number of anilines is 1. The topological polar surface area (TPSA) is 38.3 Å². The summed E-state index contributed by atoms with van der Waals surface area (Å²) in [5, 5.41) is 2.84. The van der Waals surface area contributed by atoms with Crippen molar-refractivity contribution in [2.45, 2.75) is 13.8 Å². The molecule has 0 spiro atoms. The standard InChI is InChI=1S/C16H15Br2NO2/c1-10-8-13(4-5-14(10)18)21-9-16(20)19-15-6-3-12(17)7-11(15)2/h3-8H,9H2,1-2H3,(H,19,20). The second kappa shape index (κ2) is 7.09. The van der Waals surface area contributed by atoms with E-state index in [1.54, 1.807) is 0 Å². The Morgan fingerprint density at radius 3 is 2.52 bits per heavy atom. The molecule has 0 heterocycles. The molecule has 110 valence electrons. The molecule has 0 bridgehead atoms. The van der Waals surface area contributed by atoms with Crippen molar-refractivity contribution in [3.05, 3.63) is 56.5 Å². The number of hydrogen-bond donors (Lipinski definition) is 1. The third kappa shape index (κ3) is 4.58. The molecule has 3 nitrogen and oxygen atoms in total. The highest BCUT2D eigenvalue weighted by Crippen LogP contribution is 2.22. The number of benzene rings is 2. The summed E-state index contributed by atoms with van der Waals surface area (Å²) in [6.07, 6.45) is 0. The number of nitrogens with one attached hydrogen (secondary N) is 1. The van der Waals surface area contributed by atoms with Gasteiger partial charge < -0.3 is 10.1 Å². The molecular weight excluding hydrogens is 398 g/mol. The van der Waals surface area contributed by atoms with Crippen LogP contribution in [0.3, 0.4) is 0 Å². The fourth-order valence-electron chi connectivity index (χ4n) is 1.81. The summed E-state index contributed by atoms with van der Waals surface area (Å²) in [6.45, 7) is 3.90. The molecule has 0 saturated carbocycles. The molecule has 0 atom stereocenters. The van der Waals surface area contributed by atoms with Crippen LogP contribution in [0.2, 0.25) is 0 Å². The van der Waals surface area contributed by atoms with Gasteiger partial charge in [0.2, 0.25) is 0 Å². The molecule has 0 unspecified atom stereocenters. The molecule has 2 aromatic rings. The van der Waals surface area contributed by atoms with Crippen LogP contribution in [0.5, 0.6) is 5.75 Å². The van der Waals surface area contributed by atoms with Gasteiger partial charge in [-0.3, -0.25) is 4.79 Å². The van der Waals surface area contributed by atoms with Crippen molar-refractivity contribution in [3.63, 3.8) is 0 Å². The van der Waals surface area contributed by atoms with Gasteiger partial charge in [-0.25, -0.2) is 0 Å². The average Bonchev–Trinajstić information content (AvgIpc) is 2.43. The van der Waals surface area contributed by atoms with Crippen LogP contribution < -0.4 is 10.1 Å². The summed E-state index contributed by atoms with van der Waals surface area (Å²) in [5.41, 5.74) is 2.85. The van der Waals surface area contributed by atoms with Gasteiger partial charge in [0.25, 0.3) is 5.91 Å². The highest BCUT2D eigenvalue weighted by Gasteiger charge is 2.07. The molecule has 0 aliphatic heterocycles. The van der Waals surface area contributed by atoms with Gasteiger partial charge in [0.1, 0.15) is 5.75 Å². The van der Waals surface area contributed by atoms with Crippen LogP contribution in [0, 0.1) is 13.8 Å². The lowest BCUT2D eigenvalue weighted by atomic mass is 10.2. The summed E-state index contributed by atoms with van der Waals surface area (Å²) >= 11 is 6.82. The molecule has 0 aliphatic carbocycles. The van der Waals surface area contributed by atoms with Crippen molar-refractivity contribution in [2.75, 3.05) is 11.9 Å². The van der Waals surface area contributed by atoms with E-state index in [1.165, 1.54) is 0 Å². The summed E-state index contributed by atoms with van der Waals surface area (Å²) in [5.74, 6) is 0.499. The lowest BCUT2D eigenvalue weighted by Crippen LogP contribution is -2.20. The number of rotatable bonds is 4. The lowest BCUT2D eigenvalue weighted by Gasteiger charge is -2.10. The molecule has 21 heavy (non-hydrogen) atoms. The fraction of sp³-hybridized carbons (Fsp3) is 0.188. The van der Waals surface area contributed by atoms with E-state index in [4.69, 9.17) is 4.74 Å². The van der Waals surface area contributed by atoms with E-state index in [9.17, 15) is 4.79 Å². The Hall–Kier alpha value is -1.33. The zero-order chi connectivity index (χ0) is 15.4. The number of hydrogen-bond acceptors (Lipinski definition) is 2. The minimum Gasteiger partial charge on any atom is -0.484 e.